The third-order valence-corrected chi connectivity index (χ3v) is 4.28. The van der Waals surface area contributed by atoms with Crippen molar-refractivity contribution >= 4 is 17.5 Å². The Kier molecular flexibility index (Phi) is 6.15. The van der Waals surface area contributed by atoms with Gasteiger partial charge in [-0.25, -0.2) is 4.68 Å². The second kappa shape index (κ2) is 8.11. The number of unbranched alkanes of at least 4 members (excludes halogenated alkanes) is 1. The molecule has 0 aliphatic carbocycles. The highest BCUT2D eigenvalue weighted by Crippen LogP contribution is 2.22. The fourth-order valence-corrected chi connectivity index (χ4v) is 2.58. The third kappa shape index (κ3) is 4.23. The van der Waals surface area contributed by atoms with Gasteiger partial charge in [0.1, 0.15) is 5.69 Å². The summed E-state index contributed by atoms with van der Waals surface area (Å²) in [6.45, 7) is 4.49. The van der Waals surface area contributed by atoms with E-state index in [9.17, 15) is 9.59 Å². The van der Waals surface area contributed by atoms with Crippen molar-refractivity contribution in [3.05, 3.63) is 63.0 Å². The van der Waals surface area contributed by atoms with Gasteiger partial charge in [-0.1, -0.05) is 37.1 Å². The molecule has 128 valence electrons. The number of carbonyl (C=O) groups is 1. The zero-order chi connectivity index (χ0) is 17.7. The third-order valence-electron chi connectivity index (χ3n) is 4.04. The van der Waals surface area contributed by atoms with Crippen LogP contribution < -0.4 is 5.56 Å². The van der Waals surface area contributed by atoms with E-state index in [2.05, 4.69) is 5.10 Å². The van der Waals surface area contributed by atoms with Gasteiger partial charge >= 0.3 is 0 Å². The van der Waals surface area contributed by atoms with Crippen LogP contribution in [0.4, 0.5) is 0 Å². The molecule has 5 nitrogen and oxygen atoms in total. The zero-order valence-electron chi connectivity index (χ0n) is 14.2. The van der Waals surface area contributed by atoms with Crippen LogP contribution in [-0.2, 0) is 6.54 Å². The lowest BCUT2D eigenvalue weighted by molar-refractivity contribution is 0.0733. The molecule has 6 heteroatoms. The number of halogens is 1. The second-order valence-corrected chi connectivity index (χ2v) is 6.22. The quantitative estimate of drug-likeness (QED) is 0.803. The first-order valence-electron chi connectivity index (χ1n) is 8.04. The van der Waals surface area contributed by atoms with Crippen LogP contribution in [0.2, 0.25) is 5.02 Å². The maximum Gasteiger partial charge on any atom is 0.274 e. The highest BCUT2D eigenvalue weighted by atomic mass is 35.5. The van der Waals surface area contributed by atoms with Crippen molar-refractivity contribution in [2.24, 2.45) is 0 Å². The molecule has 0 saturated heterocycles. The number of rotatable bonds is 6. The van der Waals surface area contributed by atoms with Gasteiger partial charge in [0.15, 0.2) is 0 Å². The molecule has 1 unspecified atom stereocenters. The minimum Gasteiger partial charge on any atom is -0.334 e. The van der Waals surface area contributed by atoms with Crippen LogP contribution >= 0.6 is 11.6 Å². The Labute approximate surface area is 146 Å². The number of hydrogen-bond acceptors (Lipinski definition) is 3. The molecular weight excluding hydrogens is 326 g/mol. The van der Waals surface area contributed by atoms with E-state index >= 15 is 0 Å². The van der Waals surface area contributed by atoms with Gasteiger partial charge in [-0.3, -0.25) is 9.59 Å². The van der Waals surface area contributed by atoms with Crippen molar-refractivity contribution in [2.75, 3.05) is 7.05 Å². The van der Waals surface area contributed by atoms with Gasteiger partial charge in [-0.2, -0.15) is 5.10 Å². The fraction of sp³-hybridized carbons (Fsp3) is 0.389. The fourth-order valence-electron chi connectivity index (χ4n) is 2.38. The first-order chi connectivity index (χ1) is 11.4. The number of hydrogen-bond donors (Lipinski definition) is 0. The van der Waals surface area contributed by atoms with Gasteiger partial charge in [0.2, 0.25) is 0 Å². The predicted molar refractivity (Wildman–Crippen MR) is 95.4 cm³/mol. The molecule has 2 aromatic rings. The van der Waals surface area contributed by atoms with E-state index in [-0.39, 0.29) is 23.2 Å². The van der Waals surface area contributed by atoms with Gasteiger partial charge in [-0.15, -0.1) is 0 Å². The Morgan fingerprint density at radius 1 is 1.33 bits per heavy atom. The highest BCUT2D eigenvalue weighted by molar-refractivity contribution is 6.30. The summed E-state index contributed by atoms with van der Waals surface area (Å²) in [5.41, 5.74) is 1.02. The molecule has 0 spiro atoms. The average Bonchev–Trinajstić information content (AvgIpc) is 2.59. The normalized spacial score (nSPS) is 12.0. The molecule has 0 aliphatic heterocycles. The van der Waals surface area contributed by atoms with E-state index in [1.807, 2.05) is 32.0 Å². The van der Waals surface area contributed by atoms with Gasteiger partial charge < -0.3 is 4.90 Å². The minimum atomic E-state index is -0.229. The number of amides is 1. The Morgan fingerprint density at radius 2 is 2.08 bits per heavy atom. The van der Waals surface area contributed by atoms with E-state index in [1.54, 1.807) is 18.0 Å². The van der Waals surface area contributed by atoms with Crippen LogP contribution in [-0.4, -0.2) is 27.6 Å². The molecule has 1 aromatic carbocycles. The molecule has 24 heavy (non-hydrogen) atoms. The van der Waals surface area contributed by atoms with Crippen LogP contribution in [0.25, 0.3) is 0 Å². The van der Waals surface area contributed by atoms with Crippen LogP contribution in [0.15, 0.2) is 41.2 Å². The maximum atomic E-state index is 12.7. The van der Waals surface area contributed by atoms with Crippen molar-refractivity contribution in [3.8, 4) is 0 Å². The Morgan fingerprint density at radius 3 is 2.75 bits per heavy atom. The van der Waals surface area contributed by atoms with Gasteiger partial charge in [-0.05, 0) is 37.1 Å². The van der Waals surface area contributed by atoms with E-state index in [0.29, 0.717) is 11.6 Å². The van der Waals surface area contributed by atoms with Crippen LogP contribution in [0.5, 0.6) is 0 Å². The summed E-state index contributed by atoms with van der Waals surface area (Å²) in [7, 11) is 1.72. The van der Waals surface area contributed by atoms with E-state index < -0.39 is 0 Å². The number of benzene rings is 1. The lowest BCUT2D eigenvalue weighted by atomic mass is 10.1. The molecular formula is C18H22ClN3O2. The molecule has 0 aliphatic rings. The first-order valence-corrected chi connectivity index (χ1v) is 8.42. The Bertz CT molecular complexity index is 773. The molecule has 0 radical (unpaired) electrons. The van der Waals surface area contributed by atoms with Crippen molar-refractivity contribution in [1.82, 2.24) is 14.7 Å². The lowest BCUT2D eigenvalue weighted by Crippen LogP contribution is -2.33. The second-order valence-electron chi connectivity index (χ2n) is 5.78. The zero-order valence-corrected chi connectivity index (χ0v) is 15.0. The molecule has 1 heterocycles. The largest absolute Gasteiger partial charge is 0.334 e. The summed E-state index contributed by atoms with van der Waals surface area (Å²) in [5.74, 6) is -0.229. The van der Waals surface area contributed by atoms with Crippen LogP contribution in [0, 0.1) is 0 Å². The summed E-state index contributed by atoms with van der Waals surface area (Å²) in [6, 6.07) is 10.1. The number of aryl methyl sites for hydroxylation is 1. The summed E-state index contributed by atoms with van der Waals surface area (Å²) >= 11 is 6.02. The van der Waals surface area contributed by atoms with Crippen molar-refractivity contribution < 1.29 is 4.79 Å². The molecule has 1 amide bonds. The minimum absolute atomic E-state index is 0.158. The molecule has 1 aromatic heterocycles. The van der Waals surface area contributed by atoms with Gasteiger partial charge in [0.25, 0.3) is 11.5 Å². The molecule has 0 bridgehead atoms. The SMILES string of the molecule is CCCCn1nc(C(=O)N(C)C(C)c2cccc(Cl)c2)ccc1=O. The summed E-state index contributed by atoms with van der Waals surface area (Å²) in [6.07, 6.45) is 1.80. The molecule has 0 saturated carbocycles. The summed E-state index contributed by atoms with van der Waals surface area (Å²) in [5, 5.41) is 4.84. The Balaban J connectivity index is 2.22. The maximum absolute atomic E-state index is 12.7. The molecule has 0 fully saturated rings. The lowest BCUT2D eigenvalue weighted by Gasteiger charge is -2.25. The van der Waals surface area contributed by atoms with Crippen molar-refractivity contribution in [3.63, 3.8) is 0 Å². The average molecular weight is 348 g/mol. The Hall–Kier alpha value is -2.14. The van der Waals surface area contributed by atoms with E-state index in [0.717, 1.165) is 18.4 Å². The number of nitrogens with zero attached hydrogens (tertiary/aromatic N) is 3. The van der Waals surface area contributed by atoms with Gasteiger partial charge in [0, 0.05) is 24.7 Å². The van der Waals surface area contributed by atoms with E-state index in [1.165, 1.54) is 16.8 Å². The monoisotopic (exact) mass is 347 g/mol. The van der Waals surface area contributed by atoms with Crippen molar-refractivity contribution in [1.29, 1.82) is 0 Å². The van der Waals surface area contributed by atoms with Crippen LogP contribution in [0.1, 0.15) is 48.8 Å². The topological polar surface area (TPSA) is 55.2 Å². The number of carbonyl (C=O) groups excluding carboxylic acids is 1. The highest BCUT2D eigenvalue weighted by Gasteiger charge is 2.21. The molecule has 1 atom stereocenters. The predicted octanol–water partition coefficient (Wildman–Crippen LogP) is 3.53. The standard InChI is InChI=1S/C18H22ClN3O2/c1-4-5-11-22-17(23)10-9-16(20-22)18(24)21(3)13(2)14-7-6-8-15(19)12-14/h6-10,12-13H,4-5,11H2,1-3H3. The van der Waals surface area contributed by atoms with Gasteiger partial charge in [0.05, 0.1) is 6.04 Å². The van der Waals surface area contributed by atoms with Crippen molar-refractivity contribution in [2.45, 2.75) is 39.3 Å². The molecule has 2 rings (SSSR count). The van der Waals surface area contributed by atoms with Crippen LogP contribution in [0.3, 0.4) is 0 Å². The first kappa shape index (κ1) is 18.2. The number of aromatic nitrogens is 2. The summed E-state index contributed by atoms with van der Waals surface area (Å²) in [4.78, 5) is 26.1. The smallest absolute Gasteiger partial charge is 0.274 e. The molecule has 0 N–H and O–H groups in total. The van der Waals surface area contributed by atoms with E-state index in [4.69, 9.17) is 11.6 Å². The summed E-state index contributed by atoms with van der Waals surface area (Å²) < 4.78 is 1.36.